The highest BCUT2D eigenvalue weighted by Crippen LogP contribution is 2.18. The quantitative estimate of drug-likeness (QED) is 0.809. The summed E-state index contributed by atoms with van der Waals surface area (Å²) in [5, 5.41) is 8.68. The fraction of sp³-hybridized carbons (Fsp3) is 0.538. The summed E-state index contributed by atoms with van der Waals surface area (Å²) in [6, 6.07) is 1.25. The van der Waals surface area contributed by atoms with E-state index in [1.807, 2.05) is 0 Å². The average Bonchev–Trinajstić information content (AvgIpc) is 2.97. The second kappa shape index (κ2) is 6.49. The van der Waals surface area contributed by atoms with Gasteiger partial charge in [0.1, 0.15) is 17.1 Å². The largest absolute Gasteiger partial charge is 0.480 e. The van der Waals surface area contributed by atoms with Crippen molar-refractivity contribution >= 4 is 21.9 Å². The van der Waals surface area contributed by atoms with Crippen LogP contribution < -0.4 is 0 Å². The van der Waals surface area contributed by atoms with E-state index in [0.29, 0.717) is 13.1 Å². The second-order valence-corrected chi connectivity index (χ2v) is 7.30. The second-order valence-electron chi connectivity index (χ2n) is 5.26. The minimum Gasteiger partial charge on any atom is -0.480 e. The van der Waals surface area contributed by atoms with Crippen LogP contribution in [0.2, 0.25) is 0 Å². The third-order valence-corrected chi connectivity index (χ3v) is 5.38. The van der Waals surface area contributed by atoms with E-state index < -0.39 is 22.5 Å². The molecule has 2 N–H and O–H groups in total. The number of aliphatic carboxylic acids is 1. The molecule has 0 aliphatic carbocycles. The minimum absolute atomic E-state index is 0.114. The first-order valence-electron chi connectivity index (χ1n) is 6.98. The number of aromatic nitrogens is 1. The molecule has 1 saturated heterocycles. The van der Waals surface area contributed by atoms with Crippen molar-refractivity contribution in [3.63, 3.8) is 0 Å². The normalized spacial score (nSPS) is 16.0. The number of likely N-dealkylation sites (N-methyl/N-ethyl adjacent to an activating group) is 1. The maximum atomic E-state index is 12.3. The highest BCUT2D eigenvalue weighted by molar-refractivity contribution is 7.89. The van der Waals surface area contributed by atoms with E-state index in [4.69, 9.17) is 5.11 Å². The Hall–Kier alpha value is -1.87. The molecule has 0 saturated carbocycles. The third kappa shape index (κ3) is 3.47. The van der Waals surface area contributed by atoms with Gasteiger partial charge in [-0.3, -0.25) is 9.59 Å². The lowest BCUT2D eigenvalue weighted by atomic mass is 10.1. The van der Waals surface area contributed by atoms with Crippen LogP contribution in [0.25, 0.3) is 0 Å². The number of hydrogen-bond acceptors (Lipinski definition) is 4. The number of nitrogens with one attached hydrogen (secondary N) is 1. The number of piperidine rings is 1. The van der Waals surface area contributed by atoms with Crippen LogP contribution in [0.1, 0.15) is 29.8 Å². The summed E-state index contributed by atoms with van der Waals surface area (Å²) in [7, 11) is -2.74. The lowest BCUT2D eigenvalue weighted by Gasteiger charge is -2.26. The first-order valence-corrected chi connectivity index (χ1v) is 8.42. The van der Waals surface area contributed by atoms with E-state index in [-0.39, 0.29) is 16.5 Å². The molecule has 2 rings (SSSR count). The Bertz CT molecular complexity index is 661. The van der Waals surface area contributed by atoms with Crippen molar-refractivity contribution in [2.24, 2.45) is 0 Å². The van der Waals surface area contributed by atoms with Gasteiger partial charge >= 0.3 is 5.97 Å². The molecule has 0 spiro atoms. The molecule has 0 unspecified atom stereocenters. The van der Waals surface area contributed by atoms with E-state index in [9.17, 15) is 18.0 Å². The maximum absolute atomic E-state index is 12.3. The summed E-state index contributed by atoms with van der Waals surface area (Å²) < 4.78 is 25.1. The molecular formula is C13H19N3O5S. The monoisotopic (exact) mass is 329 g/mol. The summed E-state index contributed by atoms with van der Waals surface area (Å²) in [6.45, 7) is 0.695. The Kier molecular flexibility index (Phi) is 4.87. The summed E-state index contributed by atoms with van der Waals surface area (Å²) in [5.41, 5.74) is 0.198. The molecule has 0 radical (unpaired) electrons. The van der Waals surface area contributed by atoms with Crippen LogP contribution in [0.5, 0.6) is 0 Å². The summed E-state index contributed by atoms with van der Waals surface area (Å²) in [5.74, 6) is -1.48. The predicted molar refractivity (Wildman–Crippen MR) is 78.0 cm³/mol. The molecule has 0 atom stereocenters. The highest BCUT2D eigenvalue weighted by atomic mass is 32.2. The Morgan fingerprint density at radius 1 is 1.32 bits per heavy atom. The predicted octanol–water partition coefficient (Wildman–Crippen LogP) is 0.346. The number of hydrogen-bond donors (Lipinski definition) is 2. The number of carboxylic acids is 1. The molecule has 1 aliphatic rings. The first-order chi connectivity index (χ1) is 10.3. The molecule has 1 fully saturated rings. The number of nitrogens with zero attached hydrogens (tertiary/aromatic N) is 2. The van der Waals surface area contributed by atoms with Crippen LogP contribution in [0.15, 0.2) is 17.2 Å². The summed E-state index contributed by atoms with van der Waals surface area (Å²) in [6.07, 6.45) is 4.19. The highest BCUT2D eigenvalue weighted by Gasteiger charge is 2.26. The fourth-order valence-electron chi connectivity index (χ4n) is 2.37. The minimum atomic E-state index is -3.93. The van der Waals surface area contributed by atoms with Crippen molar-refractivity contribution in [1.82, 2.24) is 14.2 Å². The molecule has 1 aromatic heterocycles. The summed E-state index contributed by atoms with van der Waals surface area (Å²) in [4.78, 5) is 27.2. The molecule has 122 valence electrons. The van der Waals surface area contributed by atoms with Crippen molar-refractivity contribution in [2.45, 2.75) is 24.2 Å². The molecule has 0 aromatic carbocycles. The van der Waals surface area contributed by atoms with E-state index >= 15 is 0 Å². The number of rotatable bonds is 5. The number of sulfonamides is 1. The maximum Gasteiger partial charge on any atom is 0.318 e. The molecule has 22 heavy (non-hydrogen) atoms. The van der Waals surface area contributed by atoms with E-state index in [2.05, 4.69) is 4.98 Å². The standard InChI is InChI=1S/C13H19N3O5S/c1-15(9-12(17)18)22(20,21)10-7-11(14-8-10)13(19)16-5-3-2-4-6-16/h7-8,14H,2-6,9H2,1H3,(H,17,18). The molecular weight excluding hydrogens is 310 g/mol. The van der Waals surface area contributed by atoms with Crippen LogP contribution in [0.3, 0.4) is 0 Å². The Labute approximate surface area is 128 Å². The number of carboxylic acid groups (broad SMARTS) is 1. The lowest BCUT2D eigenvalue weighted by Crippen LogP contribution is -2.35. The van der Waals surface area contributed by atoms with Gasteiger partial charge in [0.2, 0.25) is 10.0 Å². The van der Waals surface area contributed by atoms with Crippen LogP contribution >= 0.6 is 0 Å². The van der Waals surface area contributed by atoms with Crippen molar-refractivity contribution < 1.29 is 23.1 Å². The van der Waals surface area contributed by atoms with Gasteiger partial charge < -0.3 is 15.0 Å². The molecule has 8 nitrogen and oxygen atoms in total. The van der Waals surface area contributed by atoms with Crippen LogP contribution in [0, 0.1) is 0 Å². The van der Waals surface area contributed by atoms with Gasteiger partial charge in [-0.1, -0.05) is 0 Å². The van der Waals surface area contributed by atoms with Gasteiger partial charge in [-0.25, -0.2) is 8.42 Å². The van der Waals surface area contributed by atoms with Gasteiger partial charge in [-0.05, 0) is 25.3 Å². The van der Waals surface area contributed by atoms with Crippen molar-refractivity contribution in [3.05, 3.63) is 18.0 Å². The lowest BCUT2D eigenvalue weighted by molar-refractivity contribution is -0.137. The number of amides is 1. The van der Waals surface area contributed by atoms with Crippen molar-refractivity contribution in [2.75, 3.05) is 26.7 Å². The number of aromatic amines is 1. The van der Waals surface area contributed by atoms with Gasteiger partial charge in [-0.2, -0.15) is 4.31 Å². The first kappa shape index (κ1) is 16.5. The number of carbonyl (C=O) groups excluding carboxylic acids is 1. The topological polar surface area (TPSA) is 111 Å². The van der Waals surface area contributed by atoms with Crippen LogP contribution in [-0.4, -0.2) is 66.3 Å². The molecule has 1 aromatic rings. The number of H-pyrrole nitrogens is 1. The number of likely N-dealkylation sites (tertiary alicyclic amines) is 1. The average molecular weight is 329 g/mol. The zero-order chi connectivity index (χ0) is 16.3. The van der Waals surface area contributed by atoms with Gasteiger partial charge in [-0.15, -0.1) is 0 Å². The van der Waals surface area contributed by atoms with Crippen molar-refractivity contribution in [1.29, 1.82) is 0 Å². The van der Waals surface area contributed by atoms with Gasteiger partial charge in [0, 0.05) is 26.3 Å². The molecule has 2 heterocycles. The zero-order valence-corrected chi connectivity index (χ0v) is 13.1. The molecule has 9 heteroatoms. The SMILES string of the molecule is CN(CC(=O)O)S(=O)(=O)c1c[nH]c(C(=O)N2CCCCC2)c1. The number of carbonyl (C=O) groups is 2. The molecule has 1 amide bonds. The van der Waals surface area contributed by atoms with Crippen LogP contribution in [0.4, 0.5) is 0 Å². The fourth-order valence-corrected chi connectivity index (χ4v) is 3.48. The Morgan fingerprint density at radius 2 is 1.95 bits per heavy atom. The molecule has 1 aliphatic heterocycles. The van der Waals surface area contributed by atoms with E-state index in [0.717, 1.165) is 23.6 Å². The Morgan fingerprint density at radius 3 is 2.55 bits per heavy atom. The van der Waals surface area contributed by atoms with Gasteiger partial charge in [0.05, 0.1) is 0 Å². The van der Waals surface area contributed by atoms with Gasteiger partial charge in [0.25, 0.3) is 5.91 Å². The van der Waals surface area contributed by atoms with E-state index in [1.54, 1.807) is 4.90 Å². The van der Waals surface area contributed by atoms with Gasteiger partial charge in [0.15, 0.2) is 0 Å². The van der Waals surface area contributed by atoms with E-state index in [1.165, 1.54) is 19.3 Å². The Balaban J connectivity index is 2.16. The molecule has 0 bridgehead atoms. The smallest absolute Gasteiger partial charge is 0.318 e. The van der Waals surface area contributed by atoms with Crippen LogP contribution in [-0.2, 0) is 14.8 Å². The van der Waals surface area contributed by atoms with Crippen molar-refractivity contribution in [3.8, 4) is 0 Å². The zero-order valence-electron chi connectivity index (χ0n) is 12.3. The third-order valence-electron chi connectivity index (χ3n) is 3.60. The summed E-state index contributed by atoms with van der Waals surface area (Å²) >= 11 is 0.